The van der Waals surface area contributed by atoms with Crippen molar-refractivity contribution in [2.75, 3.05) is 6.54 Å². The van der Waals surface area contributed by atoms with Crippen molar-refractivity contribution in [3.05, 3.63) is 0 Å². The Bertz CT molecular complexity index is 177. The smallest absolute Gasteiger partial charge is 0.222 e. The van der Waals surface area contributed by atoms with Crippen LogP contribution in [0.4, 0.5) is 0 Å². The Kier molecular flexibility index (Phi) is 2.30. The molecule has 1 amide bonds. The van der Waals surface area contributed by atoms with E-state index in [2.05, 4.69) is 10.3 Å². The average molecular weight is 156 g/mol. The van der Waals surface area contributed by atoms with Crippen LogP contribution in [0.25, 0.3) is 0 Å². The van der Waals surface area contributed by atoms with Crippen molar-refractivity contribution in [1.82, 2.24) is 5.32 Å². The SMILES string of the molecule is NC(N)=NCCC1CC(=O)N1. The number of aliphatic imine (C=N–C) groups is 1. The molecule has 5 heteroatoms. The predicted octanol–water partition coefficient (Wildman–Crippen LogP) is -1.46. The molecule has 1 unspecified atom stereocenters. The topological polar surface area (TPSA) is 93.5 Å². The van der Waals surface area contributed by atoms with E-state index in [9.17, 15) is 4.79 Å². The fourth-order valence-corrected chi connectivity index (χ4v) is 0.954. The van der Waals surface area contributed by atoms with E-state index in [1.807, 2.05) is 0 Å². The van der Waals surface area contributed by atoms with Crippen LogP contribution in [0, 0.1) is 0 Å². The number of nitrogens with two attached hydrogens (primary N) is 2. The number of hydrogen-bond acceptors (Lipinski definition) is 2. The third kappa shape index (κ3) is 2.45. The summed E-state index contributed by atoms with van der Waals surface area (Å²) in [5, 5.41) is 2.73. The van der Waals surface area contributed by atoms with Crippen LogP contribution in [0.3, 0.4) is 0 Å². The summed E-state index contributed by atoms with van der Waals surface area (Å²) in [7, 11) is 0. The third-order valence-electron chi connectivity index (χ3n) is 1.57. The fourth-order valence-electron chi connectivity index (χ4n) is 0.954. The maximum atomic E-state index is 10.4. The summed E-state index contributed by atoms with van der Waals surface area (Å²) < 4.78 is 0. The van der Waals surface area contributed by atoms with E-state index in [0.29, 0.717) is 13.0 Å². The summed E-state index contributed by atoms with van der Waals surface area (Å²) in [5.74, 6) is 0.218. The van der Waals surface area contributed by atoms with Crippen LogP contribution in [0.5, 0.6) is 0 Å². The molecule has 5 nitrogen and oxygen atoms in total. The highest BCUT2D eigenvalue weighted by Crippen LogP contribution is 2.07. The van der Waals surface area contributed by atoms with Gasteiger partial charge < -0.3 is 16.8 Å². The maximum absolute atomic E-state index is 10.4. The van der Waals surface area contributed by atoms with Gasteiger partial charge >= 0.3 is 0 Å². The van der Waals surface area contributed by atoms with E-state index >= 15 is 0 Å². The number of β-lactam (4-membered cyclic amide) rings is 1. The number of rotatable bonds is 3. The summed E-state index contributed by atoms with van der Waals surface area (Å²) >= 11 is 0. The molecule has 1 saturated heterocycles. The van der Waals surface area contributed by atoms with E-state index in [0.717, 1.165) is 6.42 Å². The molecular formula is C6H12N4O. The van der Waals surface area contributed by atoms with Crippen LogP contribution < -0.4 is 16.8 Å². The monoisotopic (exact) mass is 156 g/mol. The van der Waals surface area contributed by atoms with Crippen molar-refractivity contribution in [2.24, 2.45) is 16.5 Å². The van der Waals surface area contributed by atoms with Gasteiger partial charge in [0.2, 0.25) is 5.91 Å². The van der Waals surface area contributed by atoms with Crippen LogP contribution in [0.15, 0.2) is 4.99 Å². The van der Waals surface area contributed by atoms with Crippen molar-refractivity contribution in [2.45, 2.75) is 18.9 Å². The van der Waals surface area contributed by atoms with Crippen LogP contribution in [-0.2, 0) is 4.79 Å². The molecule has 5 N–H and O–H groups in total. The largest absolute Gasteiger partial charge is 0.370 e. The number of nitrogens with zero attached hydrogens (tertiary/aromatic N) is 1. The molecule has 1 aliphatic rings. The molecule has 0 aromatic heterocycles. The minimum atomic E-state index is 0.107. The van der Waals surface area contributed by atoms with Crippen molar-refractivity contribution in [3.63, 3.8) is 0 Å². The molecule has 1 atom stereocenters. The van der Waals surface area contributed by atoms with E-state index < -0.39 is 0 Å². The molecule has 0 aromatic rings. The molecule has 1 aliphatic heterocycles. The molecule has 62 valence electrons. The van der Waals surface area contributed by atoms with Gasteiger partial charge in [-0.2, -0.15) is 0 Å². The Morgan fingerprint density at radius 3 is 2.82 bits per heavy atom. The first kappa shape index (κ1) is 7.84. The lowest BCUT2D eigenvalue weighted by atomic mass is 10.0. The summed E-state index contributed by atoms with van der Waals surface area (Å²) in [6.45, 7) is 0.591. The Hall–Kier alpha value is -1.26. The maximum Gasteiger partial charge on any atom is 0.222 e. The summed E-state index contributed by atoms with van der Waals surface area (Å²) in [4.78, 5) is 14.2. The number of carbonyl (C=O) groups excluding carboxylic acids is 1. The molecule has 0 saturated carbocycles. The highest BCUT2D eigenvalue weighted by molar-refractivity contribution is 5.82. The second-order valence-corrected chi connectivity index (χ2v) is 2.56. The van der Waals surface area contributed by atoms with Gasteiger partial charge in [-0.1, -0.05) is 0 Å². The zero-order valence-electron chi connectivity index (χ0n) is 6.21. The lowest BCUT2D eigenvalue weighted by molar-refractivity contribution is -0.128. The van der Waals surface area contributed by atoms with E-state index in [1.54, 1.807) is 0 Å². The molecular weight excluding hydrogens is 144 g/mol. The Labute approximate surface area is 64.8 Å². The van der Waals surface area contributed by atoms with Crippen LogP contribution in [-0.4, -0.2) is 24.5 Å². The van der Waals surface area contributed by atoms with Crippen LogP contribution in [0.1, 0.15) is 12.8 Å². The van der Waals surface area contributed by atoms with Crippen molar-refractivity contribution >= 4 is 11.9 Å². The highest BCUT2D eigenvalue weighted by Gasteiger charge is 2.23. The minimum Gasteiger partial charge on any atom is -0.370 e. The number of hydrogen-bond donors (Lipinski definition) is 3. The van der Waals surface area contributed by atoms with Crippen LogP contribution in [0.2, 0.25) is 0 Å². The Balaban J connectivity index is 2.05. The van der Waals surface area contributed by atoms with E-state index in [1.165, 1.54) is 0 Å². The van der Waals surface area contributed by atoms with Crippen molar-refractivity contribution in [3.8, 4) is 0 Å². The van der Waals surface area contributed by atoms with Crippen molar-refractivity contribution in [1.29, 1.82) is 0 Å². The Morgan fingerprint density at radius 1 is 1.73 bits per heavy atom. The van der Waals surface area contributed by atoms with Crippen LogP contribution >= 0.6 is 0 Å². The van der Waals surface area contributed by atoms with Gasteiger partial charge in [-0.05, 0) is 6.42 Å². The van der Waals surface area contributed by atoms with Crippen molar-refractivity contribution < 1.29 is 4.79 Å². The molecule has 0 bridgehead atoms. The first-order valence-electron chi connectivity index (χ1n) is 3.53. The molecule has 0 spiro atoms. The van der Waals surface area contributed by atoms with Gasteiger partial charge in [0.15, 0.2) is 5.96 Å². The summed E-state index contributed by atoms with van der Waals surface area (Å²) in [5.41, 5.74) is 10.2. The third-order valence-corrected chi connectivity index (χ3v) is 1.57. The molecule has 1 fully saturated rings. The second-order valence-electron chi connectivity index (χ2n) is 2.56. The molecule has 0 aromatic carbocycles. The van der Waals surface area contributed by atoms with Gasteiger partial charge in [-0.25, -0.2) is 0 Å². The first-order valence-corrected chi connectivity index (χ1v) is 3.53. The highest BCUT2D eigenvalue weighted by atomic mass is 16.2. The normalized spacial score (nSPS) is 21.8. The van der Waals surface area contributed by atoms with E-state index in [-0.39, 0.29) is 17.9 Å². The lowest BCUT2D eigenvalue weighted by Crippen LogP contribution is -2.48. The van der Waals surface area contributed by atoms with Gasteiger partial charge in [0, 0.05) is 19.0 Å². The number of carbonyl (C=O) groups is 1. The molecule has 1 rings (SSSR count). The molecule has 1 heterocycles. The average Bonchev–Trinajstić information content (AvgIpc) is 1.83. The van der Waals surface area contributed by atoms with Gasteiger partial charge in [-0.3, -0.25) is 9.79 Å². The number of nitrogens with one attached hydrogen (secondary N) is 1. The summed E-state index contributed by atoms with van der Waals surface area (Å²) in [6, 6.07) is 0.283. The van der Waals surface area contributed by atoms with Gasteiger partial charge in [0.05, 0.1) is 0 Å². The quantitative estimate of drug-likeness (QED) is 0.265. The summed E-state index contributed by atoms with van der Waals surface area (Å²) in [6.07, 6.45) is 1.43. The minimum absolute atomic E-state index is 0.107. The molecule has 0 aliphatic carbocycles. The first-order chi connectivity index (χ1) is 5.18. The van der Waals surface area contributed by atoms with Gasteiger partial charge in [0.25, 0.3) is 0 Å². The number of amides is 1. The zero-order valence-corrected chi connectivity index (χ0v) is 6.21. The predicted molar refractivity (Wildman–Crippen MR) is 41.8 cm³/mol. The second kappa shape index (κ2) is 3.23. The molecule has 11 heavy (non-hydrogen) atoms. The van der Waals surface area contributed by atoms with Gasteiger partial charge in [0.1, 0.15) is 0 Å². The Morgan fingerprint density at radius 2 is 2.36 bits per heavy atom. The molecule has 0 radical (unpaired) electrons. The van der Waals surface area contributed by atoms with E-state index in [4.69, 9.17) is 11.5 Å². The fraction of sp³-hybridized carbons (Fsp3) is 0.667. The standard InChI is InChI=1S/C6H12N4O/c7-6(8)9-2-1-4-3-5(11)10-4/h4H,1-3H2,(H,10,11)(H4,7,8,9). The van der Waals surface area contributed by atoms with Gasteiger partial charge in [-0.15, -0.1) is 0 Å². The number of guanidine groups is 1. The lowest BCUT2D eigenvalue weighted by Gasteiger charge is -2.25. The zero-order chi connectivity index (χ0) is 8.27.